The summed E-state index contributed by atoms with van der Waals surface area (Å²) in [5, 5.41) is 32.8. The zero-order valence-electron chi connectivity index (χ0n) is 22.1. The number of phenols is 1. The zero-order chi connectivity index (χ0) is 29.1. The minimum absolute atomic E-state index is 0.0298. The summed E-state index contributed by atoms with van der Waals surface area (Å²) in [6.07, 6.45) is -4.47. The maximum Gasteiger partial charge on any atom is 0.417 e. The molecule has 5 N–H and O–H groups in total. The molecule has 0 saturated carbocycles. The third-order valence-electron chi connectivity index (χ3n) is 7.98. The van der Waals surface area contributed by atoms with Crippen LogP contribution in [0.1, 0.15) is 46.8 Å². The minimum atomic E-state index is -4.83. The molecule has 1 unspecified atom stereocenters. The monoisotopic (exact) mass is 551 g/mol. The summed E-state index contributed by atoms with van der Waals surface area (Å²) in [5.74, 6) is -8.21. The van der Waals surface area contributed by atoms with Crippen molar-refractivity contribution in [2.75, 3.05) is 27.7 Å². The van der Waals surface area contributed by atoms with Crippen molar-refractivity contribution in [1.29, 1.82) is 0 Å². The Morgan fingerprint density at radius 2 is 1.77 bits per heavy atom. The van der Waals surface area contributed by atoms with Crippen LogP contribution in [0.5, 0.6) is 5.75 Å². The van der Waals surface area contributed by atoms with Crippen LogP contribution in [0.25, 0.3) is 0 Å². The van der Waals surface area contributed by atoms with Gasteiger partial charge in [0, 0.05) is 12.1 Å². The lowest BCUT2D eigenvalue weighted by Crippen LogP contribution is -2.53. The van der Waals surface area contributed by atoms with E-state index in [1.807, 2.05) is 6.92 Å². The van der Waals surface area contributed by atoms with Crippen LogP contribution in [-0.4, -0.2) is 76.3 Å². The van der Waals surface area contributed by atoms with Gasteiger partial charge < -0.3 is 26.0 Å². The molecule has 39 heavy (non-hydrogen) atoms. The number of phenolic OH excluding ortho intramolecular Hbond substituents is 1. The van der Waals surface area contributed by atoms with E-state index in [4.69, 9.17) is 5.73 Å². The first kappa shape index (κ1) is 28.6. The van der Waals surface area contributed by atoms with E-state index in [0.29, 0.717) is 13.0 Å². The number of hydrogen-bond donors (Lipinski definition) is 4. The van der Waals surface area contributed by atoms with Crippen LogP contribution in [0.15, 0.2) is 28.7 Å². The molecular weight excluding hydrogens is 519 g/mol. The summed E-state index contributed by atoms with van der Waals surface area (Å²) < 4.78 is 43.4. The fraction of sp³-hybridized carbons (Fsp3) is 0.519. The third kappa shape index (κ3) is 4.59. The topological polar surface area (TPSA) is 144 Å². The number of benzene rings is 1. The SMILES string of the molecule is CCCN(C)Cc1cc(O)c2c(c1C(F)(F)F)C[C@H]1C[C@@H]3C(C(=O)C(C(N)=O)=C(O)[C@H]3N(C)C)C(O)=C1C2=O. The van der Waals surface area contributed by atoms with E-state index < -0.39 is 81.4 Å². The molecular formula is C27H32F3N3O6. The standard InChI is InChI=1S/C27H32F3N3O6/c1-5-6-33(4)10-12-9-15(34)17-13(20(12)27(28,29)30)7-11-8-14-18(23(36)16(11)22(17)35)24(37)19(26(31)39)25(38)21(14)32(2)3/h9,11,14,18,21,34,36,38H,5-8,10H2,1-4H3,(H2,31,39)/t11-,14+,18?,21-/m0/s1. The van der Waals surface area contributed by atoms with Crippen molar-refractivity contribution < 1.29 is 42.9 Å². The number of rotatable bonds is 6. The number of likely N-dealkylation sites (N-methyl/N-ethyl adjacent to an activating group) is 1. The van der Waals surface area contributed by atoms with Gasteiger partial charge in [0.05, 0.1) is 23.1 Å². The van der Waals surface area contributed by atoms with Crippen LogP contribution in [0.2, 0.25) is 0 Å². The predicted octanol–water partition coefficient (Wildman–Crippen LogP) is 2.87. The largest absolute Gasteiger partial charge is 0.511 e. The van der Waals surface area contributed by atoms with E-state index in [0.717, 1.165) is 6.07 Å². The minimum Gasteiger partial charge on any atom is -0.511 e. The van der Waals surface area contributed by atoms with Crippen LogP contribution in [0.3, 0.4) is 0 Å². The smallest absolute Gasteiger partial charge is 0.417 e. The number of amides is 1. The van der Waals surface area contributed by atoms with Gasteiger partial charge in [0.15, 0.2) is 11.6 Å². The number of aromatic hydroxyl groups is 1. The number of alkyl halides is 3. The summed E-state index contributed by atoms with van der Waals surface area (Å²) in [6, 6.07) is -0.0188. The van der Waals surface area contributed by atoms with E-state index in [-0.39, 0.29) is 36.1 Å². The Hall–Kier alpha value is -3.38. The number of nitrogens with two attached hydrogens (primary N) is 1. The number of fused-ring (bicyclic) bond motifs is 3. The average Bonchev–Trinajstić information content (AvgIpc) is 2.77. The van der Waals surface area contributed by atoms with Gasteiger partial charge in [-0.3, -0.25) is 19.3 Å². The molecule has 0 heterocycles. The number of primary amides is 1. The Balaban J connectivity index is 1.91. The fourth-order valence-corrected chi connectivity index (χ4v) is 6.64. The number of carbonyl (C=O) groups is 3. The number of aliphatic hydroxyl groups is 2. The molecule has 3 aliphatic carbocycles. The molecule has 0 spiro atoms. The molecule has 4 rings (SSSR count). The second-order valence-electron chi connectivity index (χ2n) is 10.8. The molecule has 0 aliphatic heterocycles. The molecule has 0 saturated heterocycles. The molecule has 0 aromatic heterocycles. The molecule has 1 aromatic rings. The Kier molecular flexibility index (Phi) is 7.32. The molecule has 4 atom stereocenters. The molecule has 0 bridgehead atoms. The summed E-state index contributed by atoms with van der Waals surface area (Å²) >= 11 is 0. The summed E-state index contributed by atoms with van der Waals surface area (Å²) in [6.45, 7) is 2.30. The third-order valence-corrected chi connectivity index (χ3v) is 7.98. The van der Waals surface area contributed by atoms with E-state index in [1.54, 1.807) is 26.0 Å². The number of allylic oxidation sites excluding steroid dienone is 2. The Morgan fingerprint density at radius 3 is 2.31 bits per heavy atom. The molecule has 1 amide bonds. The van der Waals surface area contributed by atoms with Crippen LogP contribution in [0, 0.1) is 17.8 Å². The van der Waals surface area contributed by atoms with Crippen molar-refractivity contribution in [2.45, 2.75) is 44.9 Å². The second-order valence-corrected chi connectivity index (χ2v) is 10.8. The highest BCUT2D eigenvalue weighted by atomic mass is 19.4. The fourth-order valence-electron chi connectivity index (χ4n) is 6.64. The van der Waals surface area contributed by atoms with E-state index >= 15 is 0 Å². The van der Waals surface area contributed by atoms with Crippen molar-refractivity contribution in [3.63, 3.8) is 0 Å². The molecule has 0 fully saturated rings. The van der Waals surface area contributed by atoms with Gasteiger partial charge in [0.2, 0.25) is 0 Å². The highest BCUT2D eigenvalue weighted by molar-refractivity contribution is 6.22. The lowest BCUT2D eigenvalue weighted by Gasteiger charge is -2.46. The van der Waals surface area contributed by atoms with Crippen LogP contribution in [0.4, 0.5) is 13.2 Å². The molecule has 212 valence electrons. The maximum absolute atomic E-state index is 14.5. The Labute approximate surface area is 223 Å². The summed E-state index contributed by atoms with van der Waals surface area (Å²) in [5.41, 5.74) is 2.32. The number of halogens is 3. The zero-order valence-corrected chi connectivity index (χ0v) is 22.1. The quantitative estimate of drug-likeness (QED) is 0.395. The maximum atomic E-state index is 14.5. The van der Waals surface area contributed by atoms with Crippen molar-refractivity contribution in [2.24, 2.45) is 23.5 Å². The highest BCUT2D eigenvalue weighted by Crippen LogP contribution is 2.52. The Morgan fingerprint density at radius 1 is 1.13 bits per heavy atom. The molecule has 1 aromatic carbocycles. The first-order valence-electron chi connectivity index (χ1n) is 12.7. The van der Waals surface area contributed by atoms with Crippen molar-refractivity contribution >= 4 is 17.5 Å². The van der Waals surface area contributed by atoms with Crippen molar-refractivity contribution in [1.82, 2.24) is 9.80 Å². The molecule has 3 aliphatic rings. The van der Waals surface area contributed by atoms with Gasteiger partial charge in [-0.2, -0.15) is 13.2 Å². The lowest BCUT2D eigenvalue weighted by molar-refractivity contribution is -0.139. The van der Waals surface area contributed by atoms with Crippen LogP contribution < -0.4 is 5.73 Å². The lowest BCUT2D eigenvalue weighted by atomic mass is 9.60. The number of Topliss-reactive ketones (excluding diaryl/α,β-unsaturated/α-hetero) is 2. The van der Waals surface area contributed by atoms with Gasteiger partial charge >= 0.3 is 6.18 Å². The predicted molar refractivity (Wildman–Crippen MR) is 134 cm³/mol. The molecule has 9 nitrogen and oxygen atoms in total. The number of aliphatic hydroxyl groups excluding tert-OH is 2. The van der Waals surface area contributed by atoms with Gasteiger partial charge in [0.1, 0.15) is 22.8 Å². The summed E-state index contributed by atoms with van der Waals surface area (Å²) in [7, 11) is 4.80. The number of nitrogens with zero attached hydrogens (tertiary/aromatic N) is 2. The van der Waals surface area contributed by atoms with E-state index in [1.165, 1.54) is 4.90 Å². The normalized spacial score (nSPS) is 25.3. The van der Waals surface area contributed by atoms with Gasteiger partial charge in [0.25, 0.3) is 5.91 Å². The Bertz CT molecular complexity index is 1320. The average molecular weight is 552 g/mol. The number of hydrogen-bond acceptors (Lipinski definition) is 8. The number of ketones is 2. The van der Waals surface area contributed by atoms with E-state index in [2.05, 4.69) is 0 Å². The van der Waals surface area contributed by atoms with Crippen molar-refractivity contribution in [3.05, 3.63) is 51.0 Å². The van der Waals surface area contributed by atoms with Gasteiger partial charge in [-0.05, 0) is 76.0 Å². The van der Waals surface area contributed by atoms with Crippen LogP contribution in [-0.2, 0) is 28.7 Å². The van der Waals surface area contributed by atoms with Crippen LogP contribution >= 0.6 is 0 Å². The van der Waals surface area contributed by atoms with Crippen molar-refractivity contribution in [3.8, 4) is 5.75 Å². The van der Waals surface area contributed by atoms with E-state index in [9.17, 15) is 42.9 Å². The highest BCUT2D eigenvalue weighted by Gasteiger charge is 2.55. The number of carbonyl (C=O) groups excluding carboxylic acids is 3. The molecule has 12 heteroatoms. The summed E-state index contributed by atoms with van der Waals surface area (Å²) in [4.78, 5) is 42.1. The first-order valence-corrected chi connectivity index (χ1v) is 12.7. The van der Waals surface area contributed by atoms with Gasteiger partial charge in [-0.15, -0.1) is 0 Å². The van der Waals surface area contributed by atoms with Gasteiger partial charge in [-0.1, -0.05) is 6.92 Å². The second kappa shape index (κ2) is 9.98. The first-order chi connectivity index (χ1) is 18.1. The van der Waals surface area contributed by atoms with Gasteiger partial charge in [-0.25, -0.2) is 0 Å². The molecule has 0 radical (unpaired) electrons.